The van der Waals surface area contributed by atoms with Crippen LogP contribution in [0.1, 0.15) is 31.9 Å². The predicted octanol–water partition coefficient (Wildman–Crippen LogP) is 3.95. The molecule has 1 unspecified atom stereocenters. The lowest BCUT2D eigenvalue weighted by Crippen LogP contribution is -2.20. The van der Waals surface area contributed by atoms with Gasteiger partial charge in [-0.3, -0.25) is 4.98 Å². The zero-order valence-corrected chi connectivity index (χ0v) is 11.4. The third kappa shape index (κ3) is 3.38. The van der Waals surface area contributed by atoms with Crippen molar-refractivity contribution in [3.63, 3.8) is 0 Å². The Bertz CT molecular complexity index is 526. The fourth-order valence-corrected chi connectivity index (χ4v) is 2.16. The first-order chi connectivity index (χ1) is 9.22. The van der Waals surface area contributed by atoms with E-state index in [1.165, 1.54) is 6.07 Å². The summed E-state index contributed by atoms with van der Waals surface area (Å²) in [6, 6.07) is 8.98. The topological polar surface area (TPSA) is 24.9 Å². The molecule has 3 heteroatoms. The first-order valence-corrected chi connectivity index (χ1v) is 6.65. The molecule has 19 heavy (non-hydrogen) atoms. The van der Waals surface area contributed by atoms with Gasteiger partial charge in [-0.05, 0) is 60.8 Å². The van der Waals surface area contributed by atoms with Gasteiger partial charge in [-0.25, -0.2) is 4.39 Å². The number of halogens is 1. The van der Waals surface area contributed by atoms with Crippen LogP contribution in [-0.4, -0.2) is 11.5 Å². The van der Waals surface area contributed by atoms with Crippen molar-refractivity contribution in [1.29, 1.82) is 0 Å². The van der Waals surface area contributed by atoms with Crippen LogP contribution in [0, 0.1) is 5.82 Å². The zero-order valence-electron chi connectivity index (χ0n) is 11.4. The highest BCUT2D eigenvalue weighted by atomic mass is 19.1. The Morgan fingerprint density at radius 1 is 1.21 bits per heavy atom. The van der Waals surface area contributed by atoms with Gasteiger partial charge in [0.1, 0.15) is 5.82 Å². The van der Waals surface area contributed by atoms with E-state index < -0.39 is 0 Å². The van der Waals surface area contributed by atoms with Crippen LogP contribution in [0.15, 0.2) is 42.7 Å². The summed E-state index contributed by atoms with van der Waals surface area (Å²) in [5, 5.41) is 3.44. The van der Waals surface area contributed by atoms with E-state index in [1.54, 1.807) is 18.5 Å². The molecule has 0 saturated carbocycles. The quantitative estimate of drug-likeness (QED) is 0.878. The molecule has 0 aliphatic carbocycles. The molecule has 0 aliphatic rings. The largest absolute Gasteiger partial charge is 0.310 e. The summed E-state index contributed by atoms with van der Waals surface area (Å²) in [5.41, 5.74) is 3.04. The summed E-state index contributed by atoms with van der Waals surface area (Å²) in [6.07, 6.45) is 4.54. The number of hydrogen-bond acceptors (Lipinski definition) is 2. The molecule has 0 fully saturated rings. The van der Waals surface area contributed by atoms with Crippen molar-refractivity contribution in [2.45, 2.75) is 26.3 Å². The van der Waals surface area contributed by atoms with Crippen LogP contribution in [0.2, 0.25) is 0 Å². The molecular formula is C16H19FN2. The number of nitrogens with one attached hydrogen (secondary N) is 1. The third-order valence-corrected chi connectivity index (χ3v) is 3.17. The number of hydrogen-bond donors (Lipinski definition) is 1. The maximum Gasteiger partial charge on any atom is 0.123 e. The molecule has 0 spiro atoms. The summed E-state index contributed by atoms with van der Waals surface area (Å²) in [5.74, 6) is -0.210. The predicted molar refractivity (Wildman–Crippen MR) is 76.3 cm³/mol. The summed E-state index contributed by atoms with van der Waals surface area (Å²) >= 11 is 0. The standard InChI is InChI=1S/C16H19FN2/c1-3-8-19-12(2)15-5-4-14(17)11-16(15)13-6-9-18-10-7-13/h4-7,9-12,19H,3,8H2,1-2H3. The molecule has 0 radical (unpaired) electrons. The van der Waals surface area contributed by atoms with Crippen LogP contribution >= 0.6 is 0 Å². The highest BCUT2D eigenvalue weighted by Crippen LogP contribution is 2.28. The van der Waals surface area contributed by atoms with Gasteiger partial charge in [-0.15, -0.1) is 0 Å². The van der Waals surface area contributed by atoms with E-state index in [0.29, 0.717) is 0 Å². The SMILES string of the molecule is CCCNC(C)c1ccc(F)cc1-c1ccncc1. The first-order valence-electron chi connectivity index (χ1n) is 6.65. The number of benzene rings is 1. The molecular weight excluding hydrogens is 239 g/mol. The highest BCUT2D eigenvalue weighted by molar-refractivity contribution is 5.67. The molecule has 2 aromatic rings. The van der Waals surface area contributed by atoms with Crippen LogP contribution < -0.4 is 5.32 Å². The summed E-state index contributed by atoms with van der Waals surface area (Å²) in [6.45, 7) is 5.19. The Kier molecular flexibility index (Phi) is 4.63. The van der Waals surface area contributed by atoms with Gasteiger partial charge in [-0.2, -0.15) is 0 Å². The minimum atomic E-state index is -0.210. The van der Waals surface area contributed by atoms with Gasteiger partial charge in [-0.1, -0.05) is 13.0 Å². The fourth-order valence-electron chi connectivity index (χ4n) is 2.16. The van der Waals surface area contributed by atoms with E-state index in [-0.39, 0.29) is 11.9 Å². The Morgan fingerprint density at radius 3 is 2.63 bits per heavy atom. The number of aromatic nitrogens is 1. The van der Waals surface area contributed by atoms with E-state index in [2.05, 4.69) is 24.1 Å². The maximum absolute atomic E-state index is 13.5. The lowest BCUT2D eigenvalue weighted by Gasteiger charge is -2.18. The second-order valence-corrected chi connectivity index (χ2v) is 4.64. The maximum atomic E-state index is 13.5. The van der Waals surface area contributed by atoms with Gasteiger partial charge in [0.15, 0.2) is 0 Å². The fraction of sp³-hybridized carbons (Fsp3) is 0.312. The van der Waals surface area contributed by atoms with Gasteiger partial charge in [0.05, 0.1) is 0 Å². The van der Waals surface area contributed by atoms with Crippen molar-refractivity contribution in [2.24, 2.45) is 0 Å². The smallest absolute Gasteiger partial charge is 0.123 e. The highest BCUT2D eigenvalue weighted by Gasteiger charge is 2.12. The number of pyridine rings is 1. The minimum absolute atomic E-state index is 0.198. The minimum Gasteiger partial charge on any atom is -0.310 e. The first kappa shape index (κ1) is 13.7. The van der Waals surface area contributed by atoms with Crippen molar-refractivity contribution < 1.29 is 4.39 Å². The second-order valence-electron chi connectivity index (χ2n) is 4.64. The Labute approximate surface area is 113 Å². The van der Waals surface area contributed by atoms with E-state index in [0.717, 1.165) is 29.7 Å². The molecule has 1 N–H and O–H groups in total. The molecule has 1 atom stereocenters. The van der Waals surface area contributed by atoms with Crippen molar-refractivity contribution >= 4 is 0 Å². The van der Waals surface area contributed by atoms with Crippen LogP contribution in [0.3, 0.4) is 0 Å². The molecule has 0 saturated heterocycles. The normalized spacial score (nSPS) is 12.4. The molecule has 0 aliphatic heterocycles. The Hall–Kier alpha value is -1.74. The molecule has 1 aromatic heterocycles. The monoisotopic (exact) mass is 258 g/mol. The molecule has 0 amide bonds. The average Bonchev–Trinajstić information content (AvgIpc) is 2.45. The van der Waals surface area contributed by atoms with Gasteiger partial charge < -0.3 is 5.32 Å². The van der Waals surface area contributed by atoms with E-state index >= 15 is 0 Å². The van der Waals surface area contributed by atoms with Crippen LogP contribution in [-0.2, 0) is 0 Å². The molecule has 2 nitrogen and oxygen atoms in total. The average molecular weight is 258 g/mol. The van der Waals surface area contributed by atoms with Crippen LogP contribution in [0.4, 0.5) is 4.39 Å². The van der Waals surface area contributed by atoms with Gasteiger partial charge in [0.25, 0.3) is 0 Å². The van der Waals surface area contributed by atoms with Crippen molar-refractivity contribution in [1.82, 2.24) is 10.3 Å². The summed E-state index contributed by atoms with van der Waals surface area (Å²) in [4.78, 5) is 4.01. The van der Waals surface area contributed by atoms with Crippen molar-refractivity contribution in [3.05, 3.63) is 54.1 Å². The van der Waals surface area contributed by atoms with Gasteiger partial charge in [0.2, 0.25) is 0 Å². The number of rotatable bonds is 5. The number of nitrogens with zero attached hydrogens (tertiary/aromatic N) is 1. The van der Waals surface area contributed by atoms with E-state index in [4.69, 9.17) is 0 Å². The van der Waals surface area contributed by atoms with Gasteiger partial charge >= 0.3 is 0 Å². The van der Waals surface area contributed by atoms with Crippen molar-refractivity contribution in [3.8, 4) is 11.1 Å². The lowest BCUT2D eigenvalue weighted by molar-refractivity contribution is 0.569. The van der Waals surface area contributed by atoms with Crippen molar-refractivity contribution in [2.75, 3.05) is 6.54 Å². The van der Waals surface area contributed by atoms with Crippen LogP contribution in [0.25, 0.3) is 11.1 Å². The van der Waals surface area contributed by atoms with Crippen LogP contribution in [0.5, 0.6) is 0 Å². The summed E-state index contributed by atoms with van der Waals surface area (Å²) < 4.78 is 13.5. The lowest BCUT2D eigenvalue weighted by atomic mass is 9.96. The Balaban J connectivity index is 2.38. The summed E-state index contributed by atoms with van der Waals surface area (Å²) in [7, 11) is 0. The molecule has 1 aromatic carbocycles. The third-order valence-electron chi connectivity index (χ3n) is 3.17. The molecule has 1 heterocycles. The van der Waals surface area contributed by atoms with E-state index in [1.807, 2.05) is 18.2 Å². The molecule has 100 valence electrons. The Morgan fingerprint density at radius 2 is 1.95 bits per heavy atom. The van der Waals surface area contributed by atoms with Gasteiger partial charge in [0, 0.05) is 18.4 Å². The van der Waals surface area contributed by atoms with E-state index in [9.17, 15) is 4.39 Å². The molecule has 0 bridgehead atoms. The zero-order chi connectivity index (χ0) is 13.7. The second kappa shape index (κ2) is 6.43. The molecule has 2 rings (SSSR count).